The first-order chi connectivity index (χ1) is 9.67. The van der Waals surface area contributed by atoms with Crippen molar-refractivity contribution in [2.45, 2.75) is 45.9 Å². The molecule has 0 aliphatic carbocycles. The van der Waals surface area contributed by atoms with Crippen LogP contribution in [0.5, 0.6) is 0 Å². The molecule has 2 rings (SSSR count). The van der Waals surface area contributed by atoms with Crippen LogP contribution in [0.3, 0.4) is 0 Å². The van der Waals surface area contributed by atoms with Crippen molar-refractivity contribution >= 4 is 5.69 Å². The maximum Gasteiger partial charge on any atom is 0.0733 e. The molecule has 2 atom stereocenters. The van der Waals surface area contributed by atoms with E-state index in [1.807, 2.05) is 0 Å². The van der Waals surface area contributed by atoms with Crippen LogP contribution in [0, 0.1) is 5.92 Å². The number of nitrogens with one attached hydrogen (secondary N) is 1. The lowest BCUT2D eigenvalue weighted by molar-refractivity contribution is 0.184. The molecular weight excluding hydrogens is 248 g/mol. The molecule has 0 saturated carbocycles. The molecule has 1 aromatic rings. The monoisotopic (exact) mass is 276 g/mol. The molecule has 0 aromatic heterocycles. The van der Waals surface area contributed by atoms with E-state index in [0.29, 0.717) is 24.6 Å². The largest absolute Gasteiger partial charge is 0.380 e. The second-order valence-corrected chi connectivity index (χ2v) is 6.03. The molecule has 1 heterocycles. The van der Waals surface area contributed by atoms with Gasteiger partial charge in [-0.2, -0.15) is 0 Å². The summed E-state index contributed by atoms with van der Waals surface area (Å²) in [4.78, 5) is 2.58. The maximum absolute atomic E-state index is 5.36. The van der Waals surface area contributed by atoms with Crippen molar-refractivity contribution < 1.29 is 4.74 Å². The zero-order valence-electron chi connectivity index (χ0n) is 13.2. The molecule has 20 heavy (non-hydrogen) atoms. The van der Waals surface area contributed by atoms with Crippen LogP contribution in [0.25, 0.3) is 0 Å². The minimum Gasteiger partial charge on any atom is -0.380 e. The van der Waals surface area contributed by atoms with Crippen molar-refractivity contribution in [1.29, 1.82) is 0 Å². The van der Waals surface area contributed by atoms with Crippen molar-refractivity contribution in [2.24, 2.45) is 5.92 Å². The summed E-state index contributed by atoms with van der Waals surface area (Å²) in [6.07, 6.45) is 1.17. The van der Waals surface area contributed by atoms with Crippen LogP contribution in [0.2, 0.25) is 0 Å². The fraction of sp³-hybridized carbons (Fsp3) is 0.647. The zero-order chi connectivity index (χ0) is 14.5. The second kappa shape index (κ2) is 7.09. The Bertz CT molecular complexity index is 419. The number of benzene rings is 1. The van der Waals surface area contributed by atoms with Crippen molar-refractivity contribution in [3.05, 3.63) is 29.8 Å². The molecule has 1 fully saturated rings. The van der Waals surface area contributed by atoms with Crippen LogP contribution in [0.1, 0.15) is 32.8 Å². The Morgan fingerprint density at radius 3 is 2.75 bits per heavy atom. The average molecular weight is 276 g/mol. The van der Waals surface area contributed by atoms with Gasteiger partial charge in [0.15, 0.2) is 0 Å². The van der Waals surface area contributed by atoms with Gasteiger partial charge in [-0.05, 0) is 18.4 Å². The Labute approximate surface area is 123 Å². The van der Waals surface area contributed by atoms with Crippen molar-refractivity contribution in [3.63, 3.8) is 0 Å². The standard InChI is InChI=1S/C17H28N2O/c1-5-15-10-18-16(13(2)3)11-19(15)17-9-7-6-8-14(17)12-20-4/h6-9,13,15-16,18H,5,10-12H2,1-4H3. The van der Waals surface area contributed by atoms with Gasteiger partial charge in [-0.3, -0.25) is 0 Å². The molecule has 0 bridgehead atoms. The van der Waals surface area contributed by atoms with Gasteiger partial charge in [0, 0.05) is 43.5 Å². The Morgan fingerprint density at radius 1 is 1.35 bits per heavy atom. The predicted molar refractivity (Wildman–Crippen MR) is 85.2 cm³/mol. The molecule has 1 saturated heterocycles. The highest BCUT2D eigenvalue weighted by Gasteiger charge is 2.29. The smallest absolute Gasteiger partial charge is 0.0733 e. The highest BCUT2D eigenvalue weighted by atomic mass is 16.5. The van der Waals surface area contributed by atoms with Crippen LogP contribution in [0.4, 0.5) is 5.69 Å². The molecule has 0 radical (unpaired) electrons. The Morgan fingerprint density at radius 2 is 2.10 bits per heavy atom. The van der Waals surface area contributed by atoms with Gasteiger partial charge in [-0.25, -0.2) is 0 Å². The van der Waals surface area contributed by atoms with E-state index in [9.17, 15) is 0 Å². The first-order valence-electron chi connectivity index (χ1n) is 7.74. The number of methoxy groups -OCH3 is 1. The van der Waals surface area contributed by atoms with Crippen LogP contribution < -0.4 is 10.2 Å². The summed E-state index contributed by atoms with van der Waals surface area (Å²) in [5.74, 6) is 0.657. The number of piperazine rings is 1. The van der Waals surface area contributed by atoms with E-state index in [0.717, 1.165) is 13.1 Å². The number of rotatable bonds is 5. The fourth-order valence-corrected chi connectivity index (χ4v) is 3.00. The number of anilines is 1. The third-order valence-electron chi connectivity index (χ3n) is 4.33. The molecule has 1 aliphatic heterocycles. The molecule has 3 heteroatoms. The number of hydrogen-bond donors (Lipinski definition) is 1. The lowest BCUT2D eigenvalue weighted by atomic mass is 9.97. The predicted octanol–water partition coefficient (Wildman–Crippen LogP) is 3.05. The first kappa shape index (κ1) is 15.3. The van der Waals surface area contributed by atoms with E-state index in [1.165, 1.54) is 17.7 Å². The average Bonchev–Trinajstić information content (AvgIpc) is 2.47. The van der Waals surface area contributed by atoms with Crippen molar-refractivity contribution in [3.8, 4) is 0 Å². The molecular formula is C17H28N2O. The third kappa shape index (κ3) is 3.33. The van der Waals surface area contributed by atoms with Crippen LogP contribution in [-0.4, -0.2) is 32.3 Å². The number of hydrogen-bond acceptors (Lipinski definition) is 3. The van der Waals surface area contributed by atoms with Gasteiger partial charge in [0.25, 0.3) is 0 Å². The van der Waals surface area contributed by atoms with Gasteiger partial charge in [-0.15, -0.1) is 0 Å². The number of ether oxygens (including phenoxy) is 1. The van der Waals surface area contributed by atoms with E-state index in [-0.39, 0.29) is 0 Å². The summed E-state index contributed by atoms with van der Waals surface area (Å²) < 4.78 is 5.36. The van der Waals surface area contributed by atoms with Crippen molar-refractivity contribution in [2.75, 3.05) is 25.1 Å². The highest BCUT2D eigenvalue weighted by molar-refractivity contribution is 5.55. The Kier molecular flexibility index (Phi) is 5.44. The van der Waals surface area contributed by atoms with Gasteiger partial charge in [0.1, 0.15) is 0 Å². The quantitative estimate of drug-likeness (QED) is 0.894. The van der Waals surface area contributed by atoms with Crippen LogP contribution >= 0.6 is 0 Å². The van der Waals surface area contributed by atoms with Gasteiger partial charge >= 0.3 is 0 Å². The Hall–Kier alpha value is -1.06. The van der Waals surface area contributed by atoms with E-state index < -0.39 is 0 Å². The summed E-state index contributed by atoms with van der Waals surface area (Å²) in [6, 6.07) is 9.78. The SMILES string of the molecule is CCC1CNC(C(C)C)CN1c1ccccc1COC. The van der Waals surface area contributed by atoms with Crippen LogP contribution in [-0.2, 0) is 11.3 Å². The molecule has 2 unspecified atom stereocenters. The molecule has 0 spiro atoms. The lowest BCUT2D eigenvalue weighted by Crippen LogP contribution is -2.58. The van der Waals surface area contributed by atoms with Gasteiger partial charge < -0.3 is 15.0 Å². The lowest BCUT2D eigenvalue weighted by Gasteiger charge is -2.43. The summed E-state index contributed by atoms with van der Waals surface area (Å²) in [5.41, 5.74) is 2.63. The molecule has 1 N–H and O–H groups in total. The minimum absolute atomic E-state index is 0.563. The highest BCUT2D eigenvalue weighted by Crippen LogP contribution is 2.27. The molecule has 0 amide bonds. The first-order valence-corrected chi connectivity index (χ1v) is 7.74. The minimum atomic E-state index is 0.563. The van der Waals surface area contributed by atoms with E-state index in [2.05, 4.69) is 55.3 Å². The number of para-hydroxylation sites is 1. The summed E-state index contributed by atoms with van der Waals surface area (Å²) >= 11 is 0. The van der Waals surface area contributed by atoms with Gasteiger partial charge in [0.2, 0.25) is 0 Å². The molecule has 1 aliphatic rings. The number of nitrogens with zero attached hydrogens (tertiary/aromatic N) is 1. The summed E-state index contributed by atoms with van der Waals surface area (Å²) in [5, 5.41) is 3.70. The van der Waals surface area contributed by atoms with Crippen molar-refractivity contribution in [1.82, 2.24) is 5.32 Å². The summed E-state index contributed by atoms with van der Waals surface area (Å²) in [6.45, 7) is 9.70. The normalized spacial score (nSPS) is 23.4. The van der Waals surface area contributed by atoms with E-state index in [1.54, 1.807) is 7.11 Å². The van der Waals surface area contributed by atoms with Crippen LogP contribution in [0.15, 0.2) is 24.3 Å². The third-order valence-corrected chi connectivity index (χ3v) is 4.33. The summed E-state index contributed by atoms with van der Waals surface area (Å²) in [7, 11) is 1.77. The maximum atomic E-state index is 5.36. The van der Waals surface area contributed by atoms with E-state index in [4.69, 9.17) is 4.74 Å². The fourth-order valence-electron chi connectivity index (χ4n) is 3.00. The molecule has 3 nitrogen and oxygen atoms in total. The zero-order valence-corrected chi connectivity index (χ0v) is 13.2. The molecule has 1 aromatic carbocycles. The molecule has 112 valence electrons. The second-order valence-electron chi connectivity index (χ2n) is 6.03. The van der Waals surface area contributed by atoms with E-state index >= 15 is 0 Å². The Balaban J connectivity index is 2.26. The van der Waals surface area contributed by atoms with Gasteiger partial charge in [0.05, 0.1) is 6.61 Å². The van der Waals surface area contributed by atoms with Gasteiger partial charge in [-0.1, -0.05) is 39.0 Å². The topological polar surface area (TPSA) is 24.5 Å².